The summed E-state index contributed by atoms with van der Waals surface area (Å²) in [6.07, 6.45) is 0. The second kappa shape index (κ2) is 10.1. The highest BCUT2D eigenvalue weighted by Gasteiger charge is 2.27. The molecule has 1 amide bonds. The third-order valence-corrected chi connectivity index (χ3v) is 6.96. The molecule has 0 spiro atoms. The highest BCUT2D eigenvalue weighted by molar-refractivity contribution is 9.10. The maximum Gasteiger partial charge on any atom is 0.243 e. The number of benzene rings is 3. The van der Waals surface area contributed by atoms with Crippen molar-refractivity contribution >= 4 is 37.5 Å². The molecule has 0 aromatic heterocycles. The predicted molar refractivity (Wildman–Crippen MR) is 125 cm³/mol. The summed E-state index contributed by atoms with van der Waals surface area (Å²) in [5, 5.41) is 2.74. The van der Waals surface area contributed by atoms with Gasteiger partial charge in [-0.15, -0.1) is 0 Å². The minimum atomic E-state index is -3.88. The van der Waals surface area contributed by atoms with E-state index in [9.17, 15) is 13.2 Å². The quantitative estimate of drug-likeness (QED) is 0.488. The monoisotopic (exact) mass is 502 g/mol. The Labute approximate surface area is 191 Å². The van der Waals surface area contributed by atoms with Crippen molar-refractivity contribution in [1.82, 2.24) is 4.31 Å². The van der Waals surface area contributed by atoms with E-state index in [1.54, 1.807) is 55.6 Å². The van der Waals surface area contributed by atoms with Crippen molar-refractivity contribution in [2.45, 2.75) is 18.4 Å². The van der Waals surface area contributed by atoms with Gasteiger partial charge in [0.25, 0.3) is 0 Å². The summed E-state index contributed by atoms with van der Waals surface area (Å²) in [5.74, 6) is 0.231. The number of sulfonamides is 1. The van der Waals surface area contributed by atoms with E-state index in [0.717, 1.165) is 15.6 Å². The Balaban J connectivity index is 1.84. The maximum atomic E-state index is 13.3. The van der Waals surface area contributed by atoms with Crippen molar-refractivity contribution in [3.63, 3.8) is 0 Å². The molecule has 3 rings (SSSR count). The fourth-order valence-electron chi connectivity index (χ4n) is 2.91. The molecule has 0 atom stereocenters. The average molecular weight is 503 g/mol. The van der Waals surface area contributed by atoms with Gasteiger partial charge in [-0.3, -0.25) is 4.79 Å². The minimum absolute atomic E-state index is 0.0690. The Morgan fingerprint density at radius 1 is 0.968 bits per heavy atom. The topological polar surface area (TPSA) is 75.7 Å². The molecule has 1 N–H and O–H groups in total. The average Bonchev–Trinajstić information content (AvgIpc) is 2.75. The van der Waals surface area contributed by atoms with Gasteiger partial charge in [0.2, 0.25) is 15.9 Å². The number of anilines is 1. The normalized spacial score (nSPS) is 11.4. The lowest BCUT2D eigenvalue weighted by molar-refractivity contribution is -0.116. The summed E-state index contributed by atoms with van der Waals surface area (Å²) in [4.78, 5) is 12.8. The van der Waals surface area contributed by atoms with Crippen molar-refractivity contribution in [3.8, 4) is 5.75 Å². The van der Waals surface area contributed by atoms with E-state index in [4.69, 9.17) is 4.74 Å². The van der Waals surface area contributed by atoms with E-state index >= 15 is 0 Å². The van der Waals surface area contributed by atoms with Crippen LogP contribution >= 0.6 is 15.9 Å². The Morgan fingerprint density at radius 3 is 2.16 bits per heavy atom. The molecule has 0 bridgehead atoms. The van der Waals surface area contributed by atoms with Crippen LogP contribution in [0.3, 0.4) is 0 Å². The number of hydrogen-bond acceptors (Lipinski definition) is 4. The van der Waals surface area contributed by atoms with Crippen molar-refractivity contribution in [2.75, 3.05) is 19.0 Å². The molecule has 0 heterocycles. The lowest BCUT2D eigenvalue weighted by Gasteiger charge is -2.22. The van der Waals surface area contributed by atoms with E-state index < -0.39 is 15.9 Å². The smallest absolute Gasteiger partial charge is 0.243 e. The van der Waals surface area contributed by atoms with E-state index in [0.29, 0.717) is 11.4 Å². The zero-order chi connectivity index (χ0) is 22.4. The van der Waals surface area contributed by atoms with E-state index in [-0.39, 0.29) is 18.0 Å². The van der Waals surface area contributed by atoms with Gasteiger partial charge in [0.1, 0.15) is 5.75 Å². The van der Waals surface area contributed by atoms with Crippen LogP contribution in [0.15, 0.2) is 82.2 Å². The molecular formula is C23H23BrN2O4S. The van der Waals surface area contributed by atoms with Gasteiger partial charge in [0.05, 0.1) is 18.6 Å². The van der Waals surface area contributed by atoms with E-state index in [2.05, 4.69) is 21.2 Å². The fourth-order valence-corrected chi connectivity index (χ4v) is 4.56. The van der Waals surface area contributed by atoms with Crippen molar-refractivity contribution in [2.24, 2.45) is 0 Å². The van der Waals surface area contributed by atoms with Crippen molar-refractivity contribution < 1.29 is 17.9 Å². The zero-order valence-electron chi connectivity index (χ0n) is 17.2. The molecule has 31 heavy (non-hydrogen) atoms. The van der Waals surface area contributed by atoms with Crippen LogP contribution in [-0.4, -0.2) is 32.3 Å². The molecular weight excluding hydrogens is 480 g/mol. The van der Waals surface area contributed by atoms with Crippen molar-refractivity contribution in [3.05, 3.63) is 88.4 Å². The van der Waals surface area contributed by atoms with Gasteiger partial charge in [0, 0.05) is 16.7 Å². The van der Waals surface area contributed by atoms with Crippen LogP contribution in [0.25, 0.3) is 0 Å². The number of ether oxygens (including phenoxy) is 1. The summed E-state index contributed by atoms with van der Waals surface area (Å²) in [6.45, 7) is 1.64. The van der Waals surface area contributed by atoms with E-state index in [1.165, 1.54) is 4.31 Å². The molecule has 3 aromatic rings. The fraction of sp³-hybridized carbons (Fsp3) is 0.174. The summed E-state index contributed by atoms with van der Waals surface area (Å²) >= 11 is 3.38. The molecule has 8 heteroatoms. The largest absolute Gasteiger partial charge is 0.497 e. The van der Waals surface area contributed by atoms with E-state index in [1.807, 2.05) is 31.2 Å². The van der Waals surface area contributed by atoms with Crippen LogP contribution in [0, 0.1) is 6.92 Å². The van der Waals surface area contributed by atoms with Crippen LogP contribution < -0.4 is 10.1 Å². The first-order chi connectivity index (χ1) is 14.8. The molecule has 0 saturated carbocycles. The number of carbonyl (C=O) groups is 1. The Kier molecular flexibility index (Phi) is 7.48. The van der Waals surface area contributed by atoms with Gasteiger partial charge in [0.15, 0.2) is 0 Å². The third-order valence-electron chi connectivity index (χ3n) is 4.62. The molecule has 0 unspecified atom stereocenters. The number of amides is 1. The van der Waals surface area contributed by atoms with Crippen molar-refractivity contribution in [1.29, 1.82) is 0 Å². The Hall–Kier alpha value is -2.68. The predicted octanol–water partition coefficient (Wildman–Crippen LogP) is 4.60. The number of nitrogens with zero attached hydrogens (tertiary/aromatic N) is 1. The van der Waals surface area contributed by atoms with Gasteiger partial charge < -0.3 is 10.1 Å². The standard InChI is InChI=1S/C23H23BrN2O4S/c1-17-3-13-22(14-4-17)31(28,29)26(15-18-5-7-19(24)8-6-18)16-23(27)25-20-9-11-21(30-2)12-10-20/h3-14H,15-16H2,1-2H3,(H,25,27). The minimum Gasteiger partial charge on any atom is -0.497 e. The molecule has 0 saturated heterocycles. The highest BCUT2D eigenvalue weighted by Crippen LogP contribution is 2.21. The highest BCUT2D eigenvalue weighted by atomic mass is 79.9. The van der Waals surface area contributed by atoms with Crippen LogP contribution in [0.5, 0.6) is 5.75 Å². The lowest BCUT2D eigenvalue weighted by Crippen LogP contribution is -2.37. The van der Waals surface area contributed by atoms with Crippen LogP contribution in [0.2, 0.25) is 0 Å². The van der Waals surface area contributed by atoms with Crippen LogP contribution in [0.1, 0.15) is 11.1 Å². The Bertz CT molecular complexity index is 1130. The molecule has 3 aromatic carbocycles. The molecule has 0 aliphatic carbocycles. The van der Waals surface area contributed by atoms with Gasteiger partial charge in [-0.2, -0.15) is 4.31 Å². The zero-order valence-corrected chi connectivity index (χ0v) is 19.6. The second-order valence-corrected chi connectivity index (χ2v) is 9.84. The number of halogens is 1. The summed E-state index contributed by atoms with van der Waals surface area (Å²) < 4.78 is 33.8. The molecule has 0 aliphatic heterocycles. The van der Waals surface area contributed by atoms with Gasteiger partial charge >= 0.3 is 0 Å². The summed E-state index contributed by atoms with van der Waals surface area (Å²) in [7, 11) is -2.32. The number of hydrogen-bond donors (Lipinski definition) is 1. The number of rotatable bonds is 8. The van der Waals surface area contributed by atoms with Crippen LogP contribution in [0.4, 0.5) is 5.69 Å². The third kappa shape index (κ3) is 6.16. The number of methoxy groups -OCH3 is 1. The first-order valence-electron chi connectivity index (χ1n) is 9.53. The molecule has 0 aliphatic rings. The van der Waals surface area contributed by atoms with Gasteiger partial charge in [-0.25, -0.2) is 8.42 Å². The first-order valence-corrected chi connectivity index (χ1v) is 11.8. The number of nitrogens with one attached hydrogen (secondary N) is 1. The lowest BCUT2D eigenvalue weighted by atomic mass is 10.2. The maximum absolute atomic E-state index is 13.3. The molecule has 162 valence electrons. The Morgan fingerprint density at radius 2 is 1.58 bits per heavy atom. The van der Waals surface area contributed by atoms with Gasteiger partial charge in [-0.1, -0.05) is 45.8 Å². The summed E-state index contributed by atoms with van der Waals surface area (Å²) in [6, 6.07) is 20.7. The summed E-state index contributed by atoms with van der Waals surface area (Å²) in [5.41, 5.74) is 2.29. The molecule has 6 nitrogen and oxygen atoms in total. The number of carbonyl (C=O) groups excluding carboxylic acids is 1. The SMILES string of the molecule is COc1ccc(NC(=O)CN(Cc2ccc(Br)cc2)S(=O)(=O)c2ccc(C)cc2)cc1. The molecule has 0 radical (unpaired) electrons. The number of aryl methyl sites for hydroxylation is 1. The first kappa shape index (κ1) is 23.0. The second-order valence-electron chi connectivity index (χ2n) is 6.99. The van der Waals surface area contributed by atoms with Gasteiger partial charge in [-0.05, 0) is 61.0 Å². The van der Waals surface area contributed by atoms with Crippen LogP contribution in [-0.2, 0) is 21.4 Å². The molecule has 0 fully saturated rings.